The van der Waals surface area contributed by atoms with Crippen molar-refractivity contribution < 1.29 is 14.3 Å². The second-order valence-electron chi connectivity index (χ2n) is 7.87. The summed E-state index contributed by atoms with van der Waals surface area (Å²) in [5.41, 5.74) is 1.19. The van der Waals surface area contributed by atoms with Crippen LogP contribution in [0.5, 0.6) is 0 Å². The quantitative estimate of drug-likeness (QED) is 0.806. The highest BCUT2D eigenvalue weighted by Crippen LogP contribution is 2.29. The number of carbonyl (C=O) groups is 2. The van der Waals surface area contributed by atoms with Crippen LogP contribution in [0.3, 0.4) is 0 Å². The van der Waals surface area contributed by atoms with E-state index in [1.807, 2.05) is 35.3 Å². The highest BCUT2D eigenvalue weighted by molar-refractivity contribution is 5.88. The molecular formula is C22H29N3O3. The van der Waals surface area contributed by atoms with Gasteiger partial charge in [0.1, 0.15) is 0 Å². The maximum Gasteiger partial charge on any atom is 0.226 e. The molecule has 150 valence electrons. The maximum absolute atomic E-state index is 13.0. The minimum absolute atomic E-state index is 0.0240. The number of hydrogen-bond donors (Lipinski definition) is 1. The fourth-order valence-electron chi connectivity index (χ4n) is 4.45. The number of morpholine rings is 1. The second-order valence-corrected chi connectivity index (χ2v) is 7.87. The number of allylic oxidation sites excluding steroid dienone is 2. The van der Waals surface area contributed by atoms with E-state index in [4.69, 9.17) is 4.74 Å². The van der Waals surface area contributed by atoms with Gasteiger partial charge in [0, 0.05) is 37.9 Å². The summed E-state index contributed by atoms with van der Waals surface area (Å²) in [6, 6.07) is 10.4. The van der Waals surface area contributed by atoms with Gasteiger partial charge in [-0.2, -0.15) is 0 Å². The number of rotatable bonds is 4. The molecule has 2 fully saturated rings. The van der Waals surface area contributed by atoms with E-state index in [0.717, 1.165) is 19.5 Å². The summed E-state index contributed by atoms with van der Waals surface area (Å²) in [4.78, 5) is 30.2. The maximum atomic E-state index is 13.0. The zero-order valence-electron chi connectivity index (χ0n) is 16.3. The second kappa shape index (κ2) is 8.78. The Hall–Kier alpha value is -2.34. The van der Waals surface area contributed by atoms with Gasteiger partial charge in [-0.1, -0.05) is 30.4 Å². The van der Waals surface area contributed by atoms with Crippen LogP contribution in [0.4, 0.5) is 5.69 Å². The summed E-state index contributed by atoms with van der Waals surface area (Å²) in [5, 5.41) is 3.23. The monoisotopic (exact) mass is 383 g/mol. The van der Waals surface area contributed by atoms with Crippen molar-refractivity contribution >= 4 is 17.5 Å². The Balaban J connectivity index is 1.36. The van der Waals surface area contributed by atoms with Gasteiger partial charge in [0.15, 0.2) is 0 Å². The molecule has 6 heteroatoms. The van der Waals surface area contributed by atoms with Gasteiger partial charge in [0.2, 0.25) is 11.8 Å². The van der Waals surface area contributed by atoms with Crippen molar-refractivity contribution in [1.82, 2.24) is 10.2 Å². The predicted molar refractivity (Wildman–Crippen MR) is 108 cm³/mol. The minimum Gasteiger partial charge on any atom is -0.378 e. The molecule has 1 aromatic rings. The lowest BCUT2D eigenvalue weighted by Crippen LogP contribution is -2.49. The van der Waals surface area contributed by atoms with Crippen molar-refractivity contribution in [3.05, 3.63) is 42.5 Å². The molecule has 6 nitrogen and oxygen atoms in total. The number of ether oxygens (including phenoxy) is 1. The number of nitrogens with zero attached hydrogens (tertiary/aromatic N) is 2. The van der Waals surface area contributed by atoms with Gasteiger partial charge in [-0.25, -0.2) is 0 Å². The van der Waals surface area contributed by atoms with Crippen molar-refractivity contribution in [2.75, 3.05) is 44.3 Å². The number of hydrogen-bond acceptors (Lipinski definition) is 4. The average Bonchev–Trinajstić information content (AvgIpc) is 3.23. The Morgan fingerprint density at radius 1 is 0.964 bits per heavy atom. The first-order valence-corrected chi connectivity index (χ1v) is 10.3. The topological polar surface area (TPSA) is 61.9 Å². The molecule has 2 aliphatic heterocycles. The molecule has 2 saturated heterocycles. The first-order chi connectivity index (χ1) is 13.7. The third-order valence-electron chi connectivity index (χ3n) is 6.07. The van der Waals surface area contributed by atoms with Crippen LogP contribution >= 0.6 is 0 Å². The largest absolute Gasteiger partial charge is 0.378 e. The van der Waals surface area contributed by atoms with Crippen LogP contribution < -0.4 is 10.2 Å². The molecule has 4 rings (SSSR count). The van der Waals surface area contributed by atoms with E-state index in [2.05, 4.69) is 22.3 Å². The van der Waals surface area contributed by atoms with Gasteiger partial charge >= 0.3 is 0 Å². The van der Waals surface area contributed by atoms with E-state index in [1.165, 1.54) is 5.69 Å². The molecule has 0 radical (unpaired) electrons. The van der Waals surface area contributed by atoms with Crippen LogP contribution in [0, 0.1) is 11.8 Å². The van der Waals surface area contributed by atoms with E-state index in [0.29, 0.717) is 39.1 Å². The third-order valence-corrected chi connectivity index (χ3v) is 6.07. The Kier molecular flexibility index (Phi) is 5.95. The highest BCUT2D eigenvalue weighted by atomic mass is 16.5. The molecular weight excluding hydrogens is 354 g/mol. The zero-order chi connectivity index (χ0) is 19.3. The summed E-state index contributed by atoms with van der Waals surface area (Å²) >= 11 is 0. The number of para-hydroxylation sites is 1. The van der Waals surface area contributed by atoms with Gasteiger partial charge in [0.05, 0.1) is 25.0 Å². The lowest BCUT2D eigenvalue weighted by atomic mass is 9.81. The third kappa shape index (κ3) is 4.22. The van der Waals surface area contributed by atoms with Gasteiger partial charge in [-0.05, 0) is 31.4 Å². The van der Waals surface area contributed by atoms with Crippen molar-refractivity contribution in [1.29, 1.82) is 0 Å². The summed E-state index contributed by atoms with van der Waals surface area (Å²) in [5.74, 6) is -0.401. The average molecular weight is 383 g/mol. The molecule has 1 aliphatic carbocycles. The number of nitrogens with one attached hydrogen (secondary N) is 1. The predicted octanol–water partition coefficient (Wildman–Crippen LogP) is 1.82. The number of amides is 2. The molecule has 1 aromatic carbocycles. The van der Waals surface area contributed by atoms with Crippen molar-refractivity contribution in [2.45, 2.75) is 25.3 Å². The van der Waals surface area contributed by atoms with Crippen LogP contribution in [0.25, 0.3) is 0 Å². The van der Waals surface area contributed by atoms with E-state index >= 15 is 0 Å². The number of carbonyl (C=O) groups excluding carboxylic acids is 2. The van der Waals surface area contributed by atoms with E-state index in [-0.39, 0.29) is 29.7 Å². The van der Waals surface area contributed by atoms with Gasteiger partial charge in [0.25, 0.3) is 0 Å². The molecule has 3 aliphatic rings. The molecule has 1 N–H and O–H groups in total. The molecule has 28 heavy (non-hydrogen) atoms. The highest BCUT2D eigenvalue weighted by Gasteiger charge is 2.38. The van der Waals surface area contributed by atoms with Crippen LogP contribution in [-0.4, -0.2) is 62.1 Å². The van der Waals surface area contributed by atoms with Crippen LogP contribution in [0.1, 0.15) is 19.3 Å². The van der Waals surface area contributed by atoms with Crippen molar-refractivity contribution in [2.24, 2.45) is 11.8 Å². The molecule has 0 spiro atoms. The van der Waals surface area contributed by atoms with Gasteiger partial charge in [-0.3, -0.25) is 9.59 Å². The van der Waals surface area contributed by atoms with Gasteiger partial charge in [-0.15, -0.1) is 0 Å². The summed E-state index contributed by atoms with van der Waals surface area (Å²) < 4.78 is 5.35. The normalized spacial score (nSPS) is 27.6. The molecule has 0 saturated carbocycles. The Morgan fingerprint density at radius 3 is 2.43 bits per heavy atom. The van der Waals surface area contributed by atoms with Crippen molar-refractivity contribution in [3.63, 3.8) is 0 Å². The molecule has 3 unspecified atom stereocenters. The summed E-state index contributed by atoms with van der Waals surface area (Å²) in [6.45, 7) is 4.19. The van der Waals surface area contributed by atoms with Gasteiger partial charge < -0.3 is 19.9 Å². The molecule has 0 aromatic heterocycles. The summed E-state index contributed by atoms with van der Waals surface area (Å²) in [6.07, 6.45) is 6.31. The van der Waals surface area contributed by atoms with E-state index in [9.17, 15) is 9.59 Å². The molecule has 2 heterocycles. The lowest BCUT2D eigenvalue weighted by Gasteiger charge is -2.34. The molecule has 2 amide bonds. The SMILES string of the molecule is O=C(NC1CCN(c2ccccc2)C1)C1CC=CCC1C(=O)N1CCOCC1. The standard InChI is InChI=1S/C22H29N3O3/c26-21(23-17-10-11-25(16-17)18-6-2-1-3-7-18)19-8-4-5-9-20(19)22(27)24-12-14-28-15-13-24/h1-7,17,19-20H,8-16H2,(H,23,26). The van der Waals surface area contributed by atoms with E-state index < -0.39 is 0 Å². The minimum atomic E-state index is -0.272. The fraction of sp³-hybridized carbons (Fsp3) is 0.545. The van der Waals surface area contributed by atoms with Crippen LogP contribution in [0.2, 0.25) is 0 Å². The fourth-order valence-corrected chi connectivity index (χ4v) is 4.45. The molecule has 3 atom stereocenters. The Labute approximate surface area is 166 Å². The Morgan fingerprint density at radius 2 is 1.68 bits per heavy atom. The zero-order valence-corrected chi connectivity index (χ0v) is 16.3. The first kappa shape index (κ1) is 19.0. The van der Waals surface area contributed by atoms with Crippen molar-refractivity contribution in [3.8, 4) is 0 Å². The van der Waals surface area contributed by atoms with Crippen LogP contribution in [-0.2, 0) is 14.3 Å². The summed E-state index contributed by atoms with van der Waals surface area (Å²) in [7, 11) is 0. The van der Waals surface area contributed by atoms with E-state index in [1.54, 1.807) is 0 Å². The van der Waals surface area contributed by atoms with Crippen LogP contribution in [0.15, 0.2) is 42.5 Å². The molecule has 0 bridgehead atoms. The lowest BCUT2D eigenvalue weighted by molar-refractivity contribution is -0.145. The number of benzene rings is 1. The Bertz CT molecular complexity index is 715. The number of anilines is 1. The first-order valence-electron chi connectivity index (χ1n) is 10.3. The smallest absolute Gasteiger partial charge is 0.226 e.